The van der Waals surface area contributed by atoms with E-state index in [1.165, 1.54) is 0 Å². The molecule has 0 radical (unpaired) electrons. The third-order valence-electron chi connectivity index (χ3n) is 2.76. The van der Waals surface area contributed by atoms with Gasteiger partial charge in [0.1, 0.15) is 18.7 Å². The van der Waals surface area contributed by atoms with E-state index < -0.39 is 0 Å². The van der Waals surface area contributed by atoms with Crippen molar-refractivity contribution in [2.75, 3.05) is 5.73 Å². The Morgan fingerprint density at radius 2 is 2.00 bits per heavy atom. The summed E-state index contributed by atoms with van der Waals surface area (Å²) in [5, 5.41) is 8.17. The molecule has 3 rings (SSSR count). The maximum absolute atomic E-state index is 5.64. The molecule has 1 aromatic carbocycles. The summed E-state index contributed by atoms with van der Waals surface area (Å²) in [6.07, 6.45) is 1.70. The third kappa shape index (κ3) is 2.33. The molecule has 0 amide bonds. The lowest BCUT2D eigenvalue weighted by atomic mass is 10.3. The Hall–Kier alpha value is -2.63. The van der Waals surface area contributed by atoms with Crippen LogP contribution in [0, 0.1) is 6.92 Å². The summed E-state index contributed by atoms with van der Waals surface area (Å²) in [4.78, 5) is 4.22. The summed E-state index contributed by atoms with van der Waals surface area (Å²) in [6.45, 7) is 2.25. The van der Waals surface area contributed by atoms with Gasteiger partial charge in [-0.05, 0) is 31.2 Å². The normalized spacial score (nSPS) is 10.8. The van der Waals surface area contributed by atoms with Crippen LogP contribution < -0.4 is 10.5 Å². The van der Waals surface area contributed by atoms with Gasteiger partial charge in [-0.15, -0.1) is 10.2 Å². The number of ether oxygens (including phenoxy) is 1. The highest BCUT2D eigenvalue weighted by Crippen LogP contribution is 2.14. The van der Waals surface area contributed by atoms with Crippen molar-refractivity contribution in [1.82, 2.24) is 19.6 Å². The molecule has 0 bridgehead atoms. The zero-order valence-electron chi connectivity index (χ0n) is 10.4. The molecule has 19 heavy (non-hydrogen) atoms. The third-order valence-corrected chi connectivity index (χ3v) is 2.76. The van der Waals surface area contributed by atoms with Crippen LogP contribution in [0.3, 0.4) is 0 Å². The average molecular weight is 255 g/mol. The maximum Gasteiger partial charge on any atom is 0.176 e. The number of aryl methyl sites for hydroxylation is 1. The molecule has 0 aliphatic rings. The van der Waals surface area contributed by atoms with Crippen LogP contribution in [0.1, 0.15) is 11.5 Å². The molecule has 0 spiro atoms. The summed E-state index contributed by atoms with van der Waals surface area (Å²) in [7, 11) is 0. The first-order valence-electron chi connectivity index (χ1n) is 5.87. The van der Waals surface area contributed by atoms with E-state index in [0.29, 0.717) is 18.1 Å². The van der Waals surface area contributed by atoms with Gasteiger partial charge in [0.25, 0.3) is 0 Å². The number of anilines is 1. The first-order valence-corrected chi connectivity index (χ1v) is 5.87. The Morgan fingerprint density at radius 3 is 2.79 bits per heavy atom. The van der Waals surface area contributed by atoms with Crippen LogP contribution in [0.4, 0.5) is 5.69 Å². The zero-order valence-corrected chi connectivity index (χ0v) is 10.4. The highest BCUT2D eigenvalue weighted by molar-refractivity contribution is 5.41. The van der Waals surface area contributed by atoms with Crippen LogP contribution in [0.5, 0.6) is 5.75 Å². The van der Waals surface area contributed by atoms with Crippen molar-refractivity contribution >= 4 is 11.3 Å². The highest BCUT2D eigenvalue weighted by Gasteiger charge is 2.06. The molecule has 96 valence electrons. The summed E-state index contributed by atoms with van der Waals surface area (Å²) in [5.74, 6) is 1.45. The van der Waals surface area contributed by atoms with E-state index in [-0.39, 0.29) is 0 Å². The Balaban J connectivity index is 1.80. The van der Waals surface area contributed by atoms with E-state index >= 15 is 0 Å². The summed E-state index contributed by atoms with van der Waals surface area (Å²) in [6, 6.07) is 9.10. The number of fused-ring (bicyclic) bond motifs is 1. The lowest BCUT2D eigenvalue weighted by Gasteiger charge is -2.05. The standard InChI is InChI=1S/C13H13N5O/c1-9-6-12-16-17-13(18(12)8-15-9)7-19-11-4-2-10(14)3-5-11/h2-6,8H,7,14H2,1H3. The van der Waals surface area contributed by atoms with Gasteiger partial charge >= 0.3 is 0 Å². The van der Waals surface area contributed by atoms with E-state index in [1.807, 2.05) is 29.5 Å². The Bertz CT molecular complexity index is 705. The minimum absolute atomic E-state index is 0.329. The lowest BCUT2D eigenvalue weighted by molar-refractivity contribution is 0.294. The molecule has 0 aliphatic carbocycles. The molecule has 0 saturated heterocycles. The number of hydrogen-bond donors (Lipinski definition) is 1. The van der Waals surface area contributed by atoms with Crippen LogP contribution in [0.2, 0.25) is 0 Å². The smallest absolute Gasteiger partial charge is 0.176 e. The summed E-state index contributed by atoms with van der Waals surface area (Å²) >= 11 is 0. The van der Waals surface area contributed by atoms with E-state index in [4.69, 9.17) is 10.5 Å². The Morgan fingerprint density at radius 1 is 1.21 bits per heavy atom. The van der Waals surface area contributed by atoms with Crippen molar-refractivity contribution in [3.8, 4) is 5.75 Å². The zero-order chi connectivity index (χ0) is 13.2. The van der Waals surface area contributed by atoms with E-state index in [9.17, 15) is 0 Å². The summed E-state index contributed by atoms with van der Waals surface area (Å²) in [5.41, 5.74) is 8.00. The van der Waals surface area contributed by atoms with E-state index in [1.54, 1.807) is 18.5 Å². The molecule has 0 aliphatic heterocycles. The van der Waals surface area contributed by atoms with E-state index in [0.717, 1.165) is 17.1 Å². The quantitative estimate of drug-likeness (QED) is 0.719. The van der Waals surface area contributed by atoms with Gasteiger partial charge < -0.3 is 10.5 Å². The lowest BCUT2D eigenvalue weighted by Crippen LogP contribution is -2.02. The van der Waals surface area contributed by atoms with Gasteiger partial charge in [-0.2, -0.15) is 0 Å². The first-order chi connectivity index (χ1) is 9.22. The van der Waals surface area contributed by atoms with Gasteiger partial charge in [0, 0.05) is 17.4 Å². The Labute approximate surface area is 109 Å². The monoisotopic (exact) mass is 255 g/mol. The molecule has 0 saturated carbocycles. The van der Waals surface area contributed by atoms with Crippen LogP contribution in [-0.4, -0.2) is 19.6 Å². The number of nitrogens with two attached hydrogens (primary N) is 1. The van der Waals surface area contributed by atoms with Crippen molar-refractivity contribution in [2.45, 2.75) is 13.5 Å². The van der Waals surface area contributed by atoms with Crippen LogP contribution >= 0.6 is 0 Å². The van der Waals surface area contributed by atoms with E-state index in [2.05, 4.69) is 15.2 Å². The van der Waals surface area contributed by atoms with Crippen molar-refractivity contribution < 1.29 is 4.74 Å². The number of nitrogen functional groups attached to an aromatic ring is 1. The van der Waals surface area contributed by atoms with Gasteiger partial charge in [-0.3, -0.25) is 4.40 Å². The fraction of sp³-hybridized carbons (Fsp3) is 0.154. The molecule has 2 heterocycles. The van der Waals surface area contributed by atoms with Crippen LogP contribution in [0.15, 0.2) is 36.7 Å². The average Bonchev–Trinajstić information content (AvgIpc) is 2.80. The molecular formula is C13H13N5O. The number of benzene rings is 1. The topological polar surface area (TPSA) is 78.3 Å². The SMILES string of the molecule is Cc1cc2nnc(COc3ccc(N)cc3)n2cn1. The molecule has 2 aromatic heterocycles. The largest absolute Gasteiger partial charge is 0.486 e. The molecule has 0 atom stereocenters. The predicted octanol–water partition coefficient (Wildman–Crippen LogP) is 1.59. The molecule has 6 heteroatoms. The molecule has 0 fully saturated rings. The second kappa shape index (κ2) is 4.56. The Kier molecular flexibility index (Phi) is 2.75. The molecular weight excluding hydrogens is 242 g/mol. The van der Waals surface area contributed by atoms with Gasteiger partial charge in [0.05, 0.1) is 0 Å². The molecule has 3 aromatic rings. The fourth-order valence-electron chi connectivity index (χ4n) is 1.74. The molecule has 0 unspecified atom stereocenters. The fourth-order valence-corrected chi connectivity index (χ4v) is 1.74. The summed E-state index contributed by atoms with van der Waals surface area (Å²) < 4.78 is 7.45. The molecule has 6 nitrogen and oxygen atoms in total. The van der Waals surface area contributed by atoms with Gasteiger partial charge in [-0.1, -0.05) is 0 Å². The number of aromatic nitrogens is 4. The highest BCUT2D eigenvalue weighted by atomic mass is 16.5. The van der Waals surface area contributed by atoms with Crippen molar-refractivity contribution in [1.29, 1.82) is 0 Å². The van der Waals surface area contributed by atoms with Crippen molar-refractivity contribution in [3.63, 3.8) is 0 Å². The second-order valence-electron chi connectivity index (χ2n) is 4.23. The minimum Gasteiger partial charge on any atom is -0.486 e. The van der Waals surface area contributed by atoms with Crippen LogP contribution in [-0.2, 0) is 6.61 Å². The van der Waals surface area contributed by atoms with Gasteiger partial charge in [-0.25, -0.2) is 4.98 Å². The minimum atomic E-state index is 0.329. The van der Waals surface area contributed by atoms with Crippen LogP contribution in [0.25, 0.3) is 5.65 Å². The van der Waals surface area contributed by atoms with Crippen molar-refractivity contribution in [2.24, 2.45) is 0 Å². The predicted molar refractivity (Wildman–Crippen MR) is 70.7 cm³/mol. The first kappa shape index (κ1) is 11.5. The second-order valence-corrected chi connectivity index (χ2v) is 4.23. The maximum atomic E-state index is 5.64. The van der Waals surface area contributed by atoms with Crippen molar-refractivity contribution in [3.05, 3.63) is 48.2 Å². The number of rotatable bonds is 3. The molecule has 2 N–H and O–H groups in total. The number of hydrogen-bond acceptors (Lipinski definition) is 5. The van der Waals surface area contributed by atoms with Gasteiger partial charge in [0.15, 0.2) is 11.5 Å². The number of nitrogens with zero attached hydrogens (tertiary/aromatic N) is 4. The van der Waals surface area contributed by atoms with Gasteiger partial charge in [0.2, 0.25) is 0 Å².